The topological polar surface area (TPSA) is 66.8 Å². The summed E-state index contributed by atoms with van der Waals surface area (Å²) in [5.74, 6) is -0.131. The fourth-order valence-electron chi connectivity index (χ4n) is 2.10. The van der Waals surface area contributed by atoms with Crippen LogP contribution >= 0.6 is 0 Å². The quantitative estimate of drug-likeness (QED) is 0.684. The van der Waals surface area contributed by atoms with Gasteiger partial charge in [0.1, 0.15) is 12.4 Å². The van der Waals surface area contributed by atoms with Crippen molar-refractivity contribution in [2.24, 2.45) is 5.92 Å². The first-order valence-corrected chi connectivity index (χ1v) is 5.44. The number of hydrogen-bond donors (Lipinski definition) is 2. The highest BCUT2D eigenvalue weighted by Crippen LogP contribution is 2.29. The molecule has 4 nitrogen and oxygen atoms in total. The number of aliphatic hydroxyl groups is 2. The van der Waals surface area contributed by atoms with Crippen molar-refractivity contribution in [1.82, 2.24) is 0 Å². The van der Waals surface area contributed by atoms with Gasteiger partial charge in [-0.3, -0.25) is 4.79 Å². The molecule has 0 atom stereocenters. The first-order chi connectivity index (χ1) is 6.95. The molecular formula is C11H20O4. The van der Waals surface area contributed by atoms with Crippen molar-refractivity contribution >= 4 is 5.78 Å². The van der Waals surface area contributed by atoms with Crippen molar-refractivity contribution in [2.75, 3.05) is 6.79 Å². The van der Waals surface area contributed by atoms with E-state index < -0.39 is 5.60 Å². The second kappa shape index (κ2) is 5.05. The molecule has 1 rings (SSSR count). The number of rotatable bonds is 4. The largest absolute Gasteiger partial charge is 0.383 e. The van der Waals surface area contributed by atoms with Gasteiger partial charge < -0.3 is 14.9 Å². The Morgan fingerprint density at radius 2 is 1.87 bits per heavy atom. The van der Waals surface area contributed by atoms with Crippen LogP contribution in [0, 0.1) is 5.92 Å². The van der Waals surface area contributed by atoms with Crippen molar-refractivity contribution in [3.63, 3.8) is 0 Å². The third-order valence-corrected chi connectivity index (χ3v) is 2.96. The summed E-state index contributed by atoms with van der Waals surface area (Å²) < 4.78 is 5.08. The lowest BCUT2D eigenvalue weighted by Gasteiger charge is -2.30. The van der Waals surface area contributed by atoms with Crippen LogP contribution in [0.2, 0.25) is 0 Å². The van der Waals surface area contributed by atoms with Crippen molar-refractivity contribution in [3.05, 3.63) is 0 Å². The van der Waals surface area contributed by atoms with E-state index in [-0.39, 0.29) is 24.6 Å². The molecule has 4 heteroatoms. The van der Waals surface area contributed by atoms with Gasteiger partial charge in [0.15, 0.2) is 5.78 Å². The monoisotopic (exact) mass is 216 g/mol. The van der Waals surface area contributed by atoms with E-state index in [9.17, 15) is 9.90 Å². The minimum Gasteiger partial charge on any atom is -0.383 e. The van der Waals surface area contributed by atoms with Gasteiger partial charge in [0.2, 0.25) is 0 Å². The first-order valence-electron chi connectivity index (χ1n) is 5.44. The SMILES string of the molecule is CC(C)(O)C(=O)C1CCC(OCO)CC1. The molecule has 1 fully saturated rings. The molecule has 1 saturated carbocycles. The van der Waals surface area contributed by atoms with Crippen LogP contribution in [0.25, 0.3) is 0 Å². The zero-order chi connectivity index (χ0) is 11.5. The highest BCUT2D eigenvalue weighted by atomic mass is 16.6. The molecule has 0 radical (unpaired) electrons. The molecule has 0 aliphatic heterocycles. The molecule has 0 unspecified atom stereocenters. The fourth-order valence-corrected chi connectivity index (χ4v) is 2.10. The van der Waals surface area contributed by atoms with Crippen LogP contribution < -0.4 is 0 Å². The van der Waals surface area contributed by atoms with Crippen LogP contribution in [-0.4, -0.2) is 34.5 Å². The molecule has 1 aliphatic rings. The summed E-state index contributed by atoms with van der Waals surface area (Å²) in [5, 5.41) is 18.2. The summed E-state index contributed by atoms with van der Waals surface area (Å²) in [7, 11) is 0. The molecule has 0 spiro atoms. The third-order valence-electron chi connectivity index (χ3n) is 2.96. The lowest BCUT2D eigenvalue weighted by molar-refractivity contribution is -0.141. The van der Waals surface area contributed by atoms with Gasteiger partial charge in [-0.05, 0) is 39.5 Å². The van der Waals surface area contributed by atoms with Crippen LogP contribution in [0.1, 0.15) is 39.5 Å². The van der Waals surface area contributed by atoms with Crippen LogP contribution in [0.15, 0.2) is 0 Å². The van der Waals surface area contributed by atoms with Gasteiger partial charge in [0, 0.05) is 5.92 Å². The van der Waals surface area contributed by atoms with Gasteiger partial charge in [-0.2, -0.15) is 0 Å². The van der Waals surface area contributed by atoms with E-state index in [2.05, 4.69) is 0 Å². The minimum atomic E-state index is -1.23. The standard InChI is InChI=1S/C11H20O4/c1-11(2,14)10(13)8-3-5-9(6-4-8)15-7-12/h8-9,12,14H,3-7H2,1-2H3. The Hall–Kier alpha value is -0.450. The zero-order valence-corrected chi connectivity index (χ0v) is 9.40. The average Bonchev–Trinajstić information content (AvgIpc) is 2.17. The van der Waals surface area contributed by atoms with E-state index in [1.807, 2.05) is 0 Å². The van der Waals surface area contributed by atoms with Crippen molar-refractivity contribution in [3.8, 4) is 0 Å². The summed E-state index contributed by atoms with van der Waals surface area (Å²) >= 11 is 0. The zero-order valence-electron chi connectivity index (χ0n) is 9.40. The Morgan fingerprint density at radius 1 is 1.33 bits per heavy atom. The van der Waals surface area contributed by atoms with Gasteiger partial charge in [-0.1, -0.05) is 0 Å². The molecule has 2 N–H and O–H groups in total. The van der Waals surface area contributed by atoms with Crippen LogP contribution in [0.3, 0.4) is 0 Å². The van der Waals surface area contributed by atoms with E-state index in [4.69, 9.17) is 9.84 Å². The number of carbonyl (C=O) groups is 1. The molecule has 0 saturated heterocycles. The van der Waals surface area contributed by atoms with Gasteiger partial charge >= 0.3 is 0 Å². The predicted octanol–water partition coefficient (Wildman–Crippen LogP) is 0.852. The molecule has 88 valence electrons. The predicted molar refractivity (Wildman–Crippen MR) is 55.2 cm³/mol. The Morgan fingerprint density at radius 3 is 2.27 bits per heavy atom. The maximum Gasteiger partial charge on any atom is 0.166 e. The van der Waals surface area contributed by atoms with E-state index >= 15 is 0 Å². The molecule has 0 amide bonds. The van der Waals surface area contributed by atoms with E-state index in [0.29, 0.717) is 0 Å². The summed E-state index contributed by atoms with van der Waals surface area (Å²) in [4.78, 5) is 11.7. The fraction of sp³-hybridized carbons (Fsp3) is 0.909. The van der Waals surface area contributed by atoms with Gasteiger partial charge in [-0.15, -0.1) is 0 Å². The second-order valence-corrected chi connectivity index (χ2v) is 4.69. The number of ketones is 1. The molecule has 1 aliphatic carbocycles. The van der Waals surface area contributed by atoms with Crippen LogP contribution in [0.5, 0.6) is 0 Å². The summed E-state index contributed by atoms with van der Waals surface area (Å²) in [6, 6.07) is 0. The highest BCUT2D eigenvalue weighted by molar-refractivity contribution is 5.88. The third kappa shape index (κ3) is 3.55. The molecule has 0 aromatic heterocycles. The number of carbonyl (C=O) groups excluding carboxylic acids is 1. The molecule has 0 bridgehead atoms. The number of Topliss-reactive ketones (excluding diaryl/α,β-unsaturated/α-hetero) is 1. The molecule has 0 aromatic rings. The maximum absolute atomic E-state index is 11.7. The Kier molecular flexibility index (Phi) is 4.25. The van der Waals surface area contributed by atoms with E-state index in [1.165, 1.54) is 13.8 Å². The van der Waals surface area contributed by atoms with Gasteiger partial charge in [0.25, 0.3) is 0 Å². The number of ether oxygens (including phenoxy) is 1. The smallest absolute Gasteiger partial charge is 0.166 e. The number of hydrogen-bond acceptors (Lipinski definition) is 4. The Balaban J connectivity index is 2.41. The van der Waals surface area contributed by atoms with Crippen molar-refractivity contribution in [1.29, 1.82) is 0 Å². The van der Waals surface area contributed by atoms with Crippen LogP contribution in [0.4, 0.5) is 0 Å². The summed E-state index contributed by atoms with van der Waals surface area (Å²) in [6.07, 6.45) is 3.13. The van der Waals surface area contributed by atoms with Crippen molar-refractivity contribution < 1.29 is 19.7 Å². The van der Waals surface area contributed by atoms with Gasteiger partial charge in [-0.25, -0.2) is 0 Å². The number of aliphatic hydroxyl groups excluding tert-OH is 1. The van der Waals surface area contributed by atoms with Crippen LogP contribution in [-0.2, 0) is 9.53 Å². The summed E-state index contributed by atoms with van der Waals surface area (Å²) in [6.45, 7) is 2.81. The molecule has 0 aromatic carbocycles. The Bertz CT molecular complexity index is 211. The summed E-state index contributed by atoms with van der Waals surface area (Å²) in [5.41, 5.74) is -1.23. The first kappa shape index (κ1) is 12.6. The lowest BCUT2D eigenvalue weighted by Crippen LogP contribution is -2.39. The highest BCUT2D eigenvalue weighted by Gasteiger charge is 2.34. The van der Waals surface area contributed by atoms with E-state index in [0.717, 1.165) is 25.7 Å². The molecular weight excluding hydrogens is 196 g/mol. The van der Waals surface area contributed by atoms with Crippen molar-refractivity contribution in [2.45, 2.75) is 51.2 Å². The lowest BCUT2D eigenvalue weighted by atomic mass is 9.80. The Labute approximate surface area is 90.2 Å². The normalized spacial score (nSPS) is 27.7. The van der Waals surface area contributed by atoms with E-state index in [1.54, 1.807) is 0 Å². The molecule has 15 heavy (non-hydrogen) atoms. The van der Waals surface area contributed by atoms with Gasteiger partial charge in [0.05, 0.1) is 6.10 Å². The average molecular weight is 216 g/mol. The second-order valence-electron chi connectivity index (χ2n) is 4.69. The molecule has 0 heterocycles. The maximum atomic E-state index is 11.7. The minimum absolute atomic E-state index is 0.0523.